The Morgan fingerprint density at radius 1 is 1.19 bits per heavy atom. The minimum Gasteiger partial charge on any atom is -0.505 e. The summed E-state index contributed by atoms with van der Waals surface area (Å²) in [6, 6.07) is 7.10. The molecule has 0 radical (unpaired) electrons. The van der Waals surface area contributed by atoms with Crippen LogP contribution in [0, 0.1) is 0 Å². The summed E-state index contributed by atoms with van der Waals surface area (Å²) in [6.07, 6.45) is 7.31. The molecule has 0 bridgehead atoms. The van der Waals surface area contributed by atoms with Crippen LogP contribution < -0.4 is 5.32 Å². The highest BCUT2D eigenvalue weighted by Gasteiger charge is 2.31. The van der Waals surface area contributed by atoms with Gasteiger partial charge in [-0.3, -0.25) is 4.79 Å². The number of nitrogens with one attached hydrogen (secondary N) is 1. The molecule has 0 saturated carbocycles. The smallest absolute Gasteiger partial charge is 0.273 e. The van der Waals surface area contributed by atoms with Gasteiger partial charge in [0.15, 0.2) is 21.3 Å². The summed E-state index contributed by atoms with van der Waals surface area (Å²) < 4.78 is 31.1. The van der Waals surface area contributed by atoms with Crippen LogP contribution in [-0.4, -0.2) is 47.6 Å². The molecule has 0 aliphatic carbocycles. The molecule has 0 unspecified atom stereocenters. The molecule has 1 amide bonds. The van der Waals surface area contributed by atoms with E-state index in [1.54, 1.807) is 19.2 Å². The molecule has 1 aliphatic rings. The highest BCUT2D eigenvalue weighted by molar-refractivity contribution is 7.97. The lowest BCUT2D eigenvalue weighted by Gasteiger charge is -2.28. The van der Waals surface area contributed by atoms with Gasteiger partial charge in [-0.25, -0.2) is 8.42 Å². The molecule has 32 heavy (non-hydrogen) atoms. The van der Waals surface area contributed by atoms with Gasteiger partial charge in [-0.15, -0.1) is 0 Å². The van der Waals surface area contributed by atoms with Gasteiger partial charge in [-0.2, -0.15) is 0 Å². The summed E-state index contributed by atoms with van der Waals surface area (Å²) in [7, 11) is -1.79. The maximum absolute atomic E-state index is 12.8. The normalized spacial score (nSPS) is 13.9. The van der Waals surface area contributed by atoms with E-state index in [0.717, 1.165) is 37.0 Å². The van der Waals surface area contributed by atoms with Crippen LogP contribution in [0.4, 0.5) is 0 Å². The molecule has 0 fully saturated rings. The van der Waals surface area contributed by atoms with Gasteiger partial charge in [0.2, 0.25) is 0 Å². The number of aromatic nitrogens is 1. The topological polar surface area (TPSA) is 113 Å². The minimum absolute atomic E-state index is 0.00629. The Labute approximate surface area is 193 Å². The lowest BCUT2D eigenvalue weighted by molar-refractivity contribution is -0.118. The molecule has 2 N–H and O–H groups in total. The number of likely N-dealkylation sites (N-methyl/N-ethyl adjacent to an activating group) is 1. The lowest BCUT2D eigenvalue weighted by atomic mass is 10.0. The molecule has 0 saturated heterocycles. The number of aliphatic hydroxyl groups excluding tert-OH is 1. The van der Waals surface area contributed by atoms with Crippen molar-refractivity contribution in [1.29, 1.82) is 0 Å². The molecular weight excluding hydrogens is 450 g/mol. The number of carbonyl (C=O) groups excluding carboxylic acids is 1. The number of amides is 1. The molecule has 0 spiro atoms. The molecule has 1 aliphatic heterocycles. The van der Waals surface area contributed by atoms with Crippen LogP contribution in [0.5, 0.6) is 0 Å². The van der Waals surface area contributed by atoms with Crippen molar-refractivity contribution >= 4 is 33.5 Å². The van der Waals surface area contributed by atoms with Gasteiger partial charge in [0.25, 0.3) is 5.91 Å². The molecule has 174 valence electrons. The number of aliphatic hydroxyl groups is 1. The first kappa shape index (κ1) is 24.2. The van der Waals surface area contributed by atoms with Crippen molar-refractivity contribution in [3.8, 4) is 11.3 Å². The summed E-state index contributed by atoms with van der Waals surface area (Å²) >= 11 is 1.27. The number of nitrogens with zero attached hydrogens (tertiary/aromatic N) is 2. The van der Waals surface area contributed by atoms with Gasteiger partial charge in [-0.05, 0) is 24.4 Å². The summed E-state index contributed by atoms with van der Waals surface area (Å²) in [5.41, 5.74) is 1.60. The highest BCUT2D eigenvalue weighted by Crippen LogP contribution is 2.43. The molecule has 2 heterocycles. The van der Waals surface area contributed by atoms with Gasteiger partial charge in [0.05, 0.1) is 5.75 Å². The van der Waals surface area contributed by atoms with E-state index in [1.165, 1.54) is 22.5 Å². The Kier molecular flexibility index (Phi) is 8.25. The van der Waals surface area contributed by atoms with Gasteiger partial charge >= 0.3 is 0 Å². The van der Waals surface area contributed by atoms with Crippen molar-refractivity contribution in [2.45, 2.75) is 50.3 Å². The fraction of sp³-hybridized carbons (Fsp3) is 0.455. The zero-order chi connectivity index (χ0) is 23.1. The van der Waals surface area contributed by atoms with Gasteiger partial charge in [0.1, 0.15) is 17.8 Å². The number of sulfone groups is 1. The maximum Gasteiger partial charge on any atom is 0.273 e. The van der Waals surface area contributed by atoms with Gasteiger partial charge < -0.3 is 19.3 Å². The van der Waals surface area contributed by atoms with Crippen LogP contribution in [-0.2, 0) is 14.6 Å². The predicted molar refractivity (Wildman–Crippen MR) is 125 cm³/mol. The lowest BCUT2D eigenvalue weighted by Crippen LogP contribution is -2.36. The van der Waals surface area contributed by atoms with E-state index in [4.69, 9.17) is 4.52 Å². The standard InChI is InChI=1S/C22H29N3O5S2/c1-3-4-5-6-7-8-14-32(28,29)15-23-22(27)20-21(26)19-16(17-12-13-30-24-17)10-9-11-18(19)31-25(20)2/h9-13,26H,3-8,14-15H2,1-2H3,(H,23,27). The van der Waals surface area contributed by atoms with Crippen molar-refractivity contribution in [1.82, 2.24) is 14.8 Å². The van der Waals surface area contributed by atoms with Crippen LogP contribution in [0.25, 0.3) is 17.0 Å². The highest BCUT2D eigenvalue weighted by atomic mass is 32.2. The van der Waals surface area contributed by atoms with Crippen LogP contribution in [0.3, 0.4) is 0 Å². The quantitative estimate of drug-likeness (QED) is 0.361. The fourth-order valence-corrected chi connectivity index (χ4v) is 5.69. The van der Waals surface area contributed by atoms with E-state index in [9.17, 15) is 18.3 Å². The van der Waals surface area contributed by atoms with Gasteiger partial charge in [0, 0.05) is 29.1 Å². The van der Waals surface area contributed by atoms with Crippen molar-refractivity contribution in [2.75, 3.05) is 18.7 Å². The van der Waals surface area contributed by atoms with E-state index in [2.05, 4.69) is 17.4 Å². The molecule has 2 aromatic rings. The van der Waals surface area contributed by atoms with E-state index in [0.29, 0.717) is 23.2 Å². The largest absolute Gasteiger partial charge is 0.505 e. The number of fused-ring (bicyclic) bond motifs is 1. The molecule has 0 atom stereocenters. The van der Waals surface area contributed by atoms with Crippen LogP contribution >= 0.6 is 11.9 Å². The predicted octanol–water partition coefficient (Wildman–Crippen LogP) is 4.37. The van der Waals surface area contributed by atoms with E-state index < -0.39 is 21.6 Å². The Morgan fingerprint density at radius 3 is 2.66 bits per heavy atom. The number of carbonyl (C=O) groups is 1. The molecule has 1 aromatic heterocycles. The molecule has 3 rings (SSSR count). The third-order valence-electron chi connectivity index (χ3n) is 5.23. The molecule has 8 nitrogen and oxygen atoms in total. The Bertz CT molecular complexity index is 1070. The Balaban J connectivity index is 1.70. The van der Waals surface area contributed by atoms with Gasteiger partial charge in [-0.1, -0.05) is 56.3 Å². The summed E-state index contributed by atoms with van der Waals surface area (Å²) in [5.74, 6) is -1.31. The summed E-state index contributed by atoms with van der Waals surface area (Å²) in [5, 5.41) is 17.4. The number of unbranched alkanes of at least 4 members (excludes halogenated alkanes) is 5. The average Bonchev–Trinajstić information content (AvgIpc) is 3.29. The first-order chi connectivity index (χ1) is 15.3. The van der Waals surface area contributed by atoms with Crippen LogP contribution in [0.1, 0.15) is 51.0 Å². The average molecular weight is 480 g/mol. The second kappa shape index (κ2) is 10.9. The number of rotatable bonds is 11. The van der Waals surface area contributed by atoms with Crippen molar-refractivity contribution < 1.29 is 22.8 Å². The molecule has 10 heteroatoms. The fourth-order valence-electron chi connectivity index (χ4n) is 3.56. The van der Waals surface area contributed by atoms with E-state index in [1.807, 2.05) is 12.1 Å². The van der Waals surface area contributed by atoms with E-state index in [-0.39, 0.29) is 17.2 Å². The summed E-state index contributed by atoms with van der Waals surface area (Å²) in [6.45, 7) is 2.14. The number of benzene rings is 1. The Hall–Kier alpha value is -2.46. The first-order valence-electron chi connectivity index (χ1n) is 10.7. The van der Waals surface area contributed by atoms with Crippen molar-refractivity contribution in [3.63, 3.8) is 0 Å². The van der Waals surface area contributed by atoms with Crippen molar-refractivity contribution in [3.05, 3.63) is 41.8 Å². The van der Waals surface area contributed by atoms with Crippen molar-refractivity contribution in [2.24, 2.45) is 0 Å². The van der Waals surface area contributed by atoms with Crippen LogP contribution in [0.15, 0.2) is 45.6 Å². The third kappa shape index (κ3) is 5.86. The monoisotopic (exact) mass is 479 g/mol. The zero-order valence-electron chi connectivity index (χ0n) is 18.3. The second-order valence-corrected chi connectivity index (χ2v) is 11.1. The number of hydrogen-bond donors (Lipinski definition) is 2. The third-order valence-corrected chi connectivity index (χ3v) is 7.72. The maximum atomic E-state index is 12.8. The number of hydrogen-bond acceptors (Lipinski definition) is 8. The summed E-state index contributed by atoms with van der Waals surface area (Å²) in [4.78, 5) is 13.6. The second-order valence-electron chi connectivity index (χ2n) is 7.72. The molecular formula is C22H29N3O5S2. The minimum atomic E-state index is -3.43. The molecule has 1 aromatic carbocycles. The SMILES string of the molecule is CCCCCCCCS(=O)(=O)CNC(=O)C1=C(O)c2c(cccc2-c2ccon2)SN1C. The zero-order valence-corrected chi connectivity index (χ0v) is 20.0. The Morgan fingerprint density at radius 2 is 1.94 bits per heavy atom. The first-order valence-corrected chi connectivity index (χ1v) is 13.3. The van der Waals surface area contributed by atoms with Crippen LogP contribution in [0.2, 0.25) is 0 Å². The van der Waals surface area contributed by atoms with E-state index >= 15 is 0 Å².